The predicted octanol–water partition coefficient (Wildman–Crippen LogP) is 5.62. The lowest BCUT2D eigenvalue weighted by atomic mass is 10.0. The first-order valence-corrected chi connectivity index (χ1v) is 11.7. The number of hydrogen-bond donors (Lipinski definition) is 0. The van der Waals surface area contributed by atoms with Crippen LogP contribution in [-0.2, 0) is 17.8 Å². The van der Waals surface area contributed by atoms with Gasteiger partial charge in [-0.3, -0.25) is 9.59 Å². The summed E-state index contributed by atoms with van der Waals surface area (Å²) in [5.74, 6) is -1.55. The van der Waals surface area contributed by atoms with E-state index in [1.54, 1.807) is 61.7 Å². The zero-order chi connectivity index (χ0) is 25.7. The molecule has 0 N–H and O–H groups in total. The molecule has 3 aromatic rings. The second kappa shape index (κ2) is 11.3. The minimum absolute atomic E-state index is 0.102. The Hall–Kier alpha value is -3.45. The van der Waals surface area contributed by atoms with Crippen LogP contribution in [0.2, 0.25) is 5.02 Å². The SMILES string of the molecule is CCOC(=O)c1c(C)c(C(=O)CN(Cc2ccc(F)cc2)C(=O)c2ccc(Cl)cc2)c(C)n1CC. The Morgan fingerprint density at radius 1 is 1.00 bits per heavy atom. The molecule has 0 unspecified atom stereocenters. The number of ether oxygens (including phenoxy) is 1. The Morgan fingerprint density at radius 2 is 1.63 bits per heavy atom. The Bertz CT molecular complexity index is 1230. The van der Waals surface area contributed by atoms with Crippen LogP contribution in [0.3, 0.4) is 0 Å². The van der Waals surface area contributed by atoms with E-state index in [4.69, 9.17) is 16.3 Å². The maximum absolute atomic E-state index is 13.6. The average Bonchev–Trinajstić information content (AvgIpc) is 3.09. The molecule has 0 fully saturated rings. The number of Topliss-reactive ketones (excluding diaryl/α,β-unsaturated/α-hetero) is 1. The highest BCUT2D eigenvalue weighted by Crippen LogP contribution is 2.25. The molecule has 1 heterocycles. The third-order valence-electron chi connectivity index (χ3n) is 5.83. The standard InChI is InChI=1S/C27H28ClFN2O4/c1-5-31-18(4)24(17(3)25(31)27(34)35-6-2)23(32)16-30(15-19-7-13-22(29)14-8-19)26(33)20-9-11-21(28)12-10-20/h7-14H,5-6,15-16H2,1-4H3. The molecule has 3 rings (SSSR count). The summed E-state index contributed by atoms with van der Waals surface area (Å²) in [6.07, 6.45) is 0. The number of hydrogen-bond acceptors (Lipinski definition) is 4. The van der Waals surface area contributed by atoms with Crippen molar-refractivity contribution in [1.82, 2.24) is 9.47 Å². The lowest BCUT2D eigenvalue weighted by Crippen LogP contribution is -2.35. The molecule has 0 atom stereocenters. The fourth-order valence-electron chi connectivity index (χ4n) is 4.20. The molecule has 1 amide bonds. The smallest absolute Gasteiger partial charge is 0.355 e. The van der Waals surface area contributed by atoms with E-state index in [-0.39, 0.29) is 37.2 Å². The van der Waals surface area contributed by atoms with Gasteiger partial charge >= 0.3 is 5.97 Å². The largest absolute Gasteiger partial charge is 0.461 e. The van der Waals surface area contributed by atoms with Gasteiger partial charge in [-0.1, -0.05) is 23.7 Å². The van der Waals surface area contributed by atoms with Gasteiger partial charge in [0.1, 0.15) is 11.5 Å². The normalized spacial score (nSPS) is 10.8. The molecule has 0 aliphatic carbocycles. The zero-order valence-electron chi connectivity index (χ0n) is 20.2. The van der Waals surface area contributed by atoms with E-state index in [0.29, 0.717) is 45.2 Å². The van der Waals surface area contributed by atoms with Crippen LogP contribution in [-0.4, -0.2) is 40.3 Å². The van der Waals surface area contributed by atoms with Crippen LogP contribution in [0.15, 0.2) is 48.5 Å². The molecule has 8 heteroatoms. The van der Waals surface area contributed by atoms with Crippen LogP contribution in [0, 0.1) is 19.7 Å². The summed E-state index contributed by atoms with van der Waals surface area (Å²) in [5, 5.41) is 0.487. The molecular formula is C27H28ClFN2O4. The maximum Gasteiger partial charge on any atom is 0.355 e. The molecule has 2 aromatic carbocycles. The molecule has 0 saturated heterocycles. The number of nitrogens with zero attached hydrogens (tertiary/aromatic N) is 2. The van der Waals surface area contributed by atoms with Crippen molar-refractivity contribution in [2.24, 2.45) is 0 Å². The maximum atomic E-state index is 13.6. The first kappa shape index (κ1) is 26.2. The van der Waals surface area contributed by atoms with Crippen LogP contribution in [0.1, 0.15) is 61.9 Å². The van der Waals surface area contributed by atoms with Crippen molar-refractivity contribution in [2.45, 2.75) is 40.8 Å². The van der Waals surface area contributed by atoms with Gasteiger partial charge in [-0.2, -0.15) is 0 Å². The second-order valence-electron chi connectivity index (χ2n) is 8.12. The van der Waals surface area contributed by atoms with Crippen LogP contribution in [0.4, 0.5) is 4.39 Å². The highest BCUT2D eigenvalue weighted by Gasteiger charge is 2.28. The number of carbonyl (C=O) groups is 3. The van der Waals surface area contributed by atoms with Gasteiger partial charge in [-0.05, 0) is 75.2 Å². The molecule has 0 bridgehead atoms. The van der Waals surface area contributed by atoms with Crippen LogP contribution < -0.4 is 0 Å². The first-order chi connectivity index (χ1) is 16.7. The zero-order valence-corrected chi connectivity index (χ0v) is 21.0. The summed E-state index contributed by atoms with van der Waals surface area (Å²) in [6.45, 7) is 7.67. The number of amides is 1. The van der Waals surface area contributed by atoms with Gasteiger partial charge in [0, 0.05) is 34.9 Å². The number of benzene rings is 2. The van der Waals surface area contributed by atoms with E-state index < -0.39 is 5.97 Å². The van der Waals surface area contributed by atoms with E-state index in [1.165, 1.54) is 17.0 Å². The summed E-state index contributed by atoms with van der Waals surface area (Å²) in [5.41, 5.74) is 2.93. The molecule has 0 aliphatic heterocycles. The summed E-state index contributed by atoms with van der Waals surface area (Å²) in [7, 11) is 0. The van der Waals surface area contributed by atoms with Gasteiger partial charge in [-0.25, -0.2) is 9.18 Å². The highest BCUT2D eigenvalue weighted by atomic mass is 35.5. The second-order valence-corrected chi connectivity index (χ2v) is 8.55. The lowest BCUT2D eigenvalue weighted by Gasteiger charge is -2.23. The Balaban J connectivity index is 1.98. The predicted molar refractivity (Wildman–Crippen MR) is 132 cm³/mol. The van der Waals surface area contributed by atoms with Gasteiger partial charge in [0.25, 0.3) is 5.91 Å². The monoisotopic (exact) mass is 498 g/mol. The van der Waals surface area contributed by atoms with Crippen molar-refractivity contribution < 1.29 is 23.5 Å². The molecule has 0 spiro atoms. The van der Waals surface area contributed by atoms with Crippen LogP contribution in [0.5, 0.6) is 0 Å². The minimum atomic E-state index is -0.491. The van der Waals surface area contributed by atoms with E-state index in [9.17, 15) is 18.8 Å². The molecular weight excluding hydrogens is 471 g/mol. The van der Waals surface area contributed by atoms with Crippen molar-refractivity contribution in [1.29, 1.82) is 0 Å². The average molecular weight is 499 g/mol. The molecule has 0 aliphatic rings. The Labute approximate surface area is 209 Å². The fourth-order valence-corrected chi connectivity index (χ4v) is 4.33. The Morgan fingerprint density at radius 3 is 2.20 bits per heavy atom. The van der Waals surface area contributed by atoms with E-state index in [1.807, 2.05) is 6.92 Å². The van der Waals surface area contributed by atoms with E-state index in [2.05, 4.69) is 0 Å². The minimum Gasteiger partial charge on any atom is -0.461 e. The number of halogens is 2. The summed E-state index contributed by atoms with van der Waals surface area (Å²) < 4.78 is 20.4. The van der Waals surface area contributed by atoms with Gasteiger partial charge in [-0.15, -0.1) is 0 Å². The third kappa shape index (κ3) is 5.80. The molecule has 184 valence electrons. The fraction of sp³-hybridized carbons (Fsp3) is 0.296. The molecule has 6 nitrogen and oxygen atoms in total. The number of carbonyl (C=O) groups excluding carboxylic acids is 3. The third-order valence-corrected chi connectivity index (χ3v) is 6.08. The highest BCUT2D eigenvalue weighted by molar-refractivity contribution is 6.30. The number of rotatable bonds is 9. The number of ketones is 1. The van der Waals surface area contributed by atoms with Crippen molar-refractivity contribution in [2.75, 3.05) is 13.2 Å². The first-order valence-electron chi connectivity index (χ1n) is 11.4. The van der Waals surface area contributed by atoms with Crippen molar-refractivity contribution in [3.63, 3.8) is 0 Å². The van der Waals surface area contributed by atoms with Gasteiger partial charge < -0.3 is 14.2 Å². The van der Waals surface area contributed by atoms with Crippen LogP contribution >= 0.6 is 11.6 Å². The van der Waals surface area contributed by atoms with Crippen molar-refractivity contribution in [3.05, 3.63) is 93.0 Å². The Kier molecular flexibility index (Phi) is 8.46. The van der Waals surface area contributed by atoms with Crippen LogP contribution in [0.25, 0.3) is 0 Å². The van der Waals surface area contributed by atoms with Gasteiger partial charge in [0.2, 0.25) is 0 Å². The summed E-state index contributed by atoms with van der Waals surface area (Å²) in [4.78, 5) is 40.9. The molecule has 1 aromatic heterocycles. The van der Waals surface area contributed by atoms with E-state index >= 15 is 0 Å². The number of esters is 1. The van der Waals surface area contributed by atoms with Crippen molar-refractivity contribution >= 4 is 29.3 Å². The summed E-state index contributed by atoms with van der Waals surface area (Å²) >= 11 is 5.96. The lowest BCUT2D eigenvalue weighted by molar-refractivity contribution is 0.0512. The summed E-state index contributed by atoms with van der Waals surface area (Å²) in [6, 6.07) is 12.2. The topological polar surface area (TPSA) is 68.6 Å². The number of aromatic nitrogens is 1. The molecule has 35 heavy (non-hydrogen) atoms. The van der Waals surface area contributed by atoms with E-state index in [0.717, 1.165) is 0 Å². The van der Waals surface area contributed by atoms with Gasteiger partial charge in [0.05, 0.1) is 13.2 Å². The van der Waals surface area contributed by atoms with Crippen molar-refractivity contribution in [3.8, 4) is 0 Å². The van der Waals surface area contributed by atoms with Gasteiger partial charge in [0.15, 0.2) is 5.78 Å². The molecule has 0 saturated carbocycles. The quantitative estimate of drug-likeness (QED) is 0.283. The molecule has 0 radical (unpaired) electrons.